The monoisotopic (exact) mass is 397 g/mol. The van der Waals surface area contributed by atoms with Gasteiger partial charge < -0.3 is 15.1 Å². The van der Waals surface area contributed by atoms with Crippen molar-refractivity contribution in [3.63, 3.8) is 0 Å². The van der Waals surface area contributed by atoms with Crippen LogP contribution in [0.15, 0.2) is 42.5 Å². The quantitative estimate of drug-likeness (QED) is 0.776. The zero-order valence-electron chi connectivity index (χ0n) is 13.5. The van der Waals surface area contributed by atoms with Crippen LogP contribution in [-0.2, 0) is 6.54 Å². The fourth-order valence-corrected chi connectivity index (χ4v) is 3.50. The first kappa shape index (κ1) is 18.2. The summed E-state index contributed by atoms with van der Waals surface area (Å²) in [7, 11) is 0. The minimum atomic E-state index is -0.214. The smallest absolute Gasteiger partial charge is 0.169 e. The Balaban J connectivity index is 1.50. The van der Waals surface area contributed by atoms with Gasteiger partial charge in [0.25, 0.3) is 0 Å². The first-order chi connectivity index (χ1) is 12.0. The van der Waals surface area contributed by atoms with Crippen LogP contribution < -0.4 is 10.2 Å². The lowest BCUT2D eigenvalue weighted by Gasteiger charge is -2.37. The number of piperazine rings is 1. The van der Waals surface area contributed by atoms with Crippen LogP contribution in [0.5, 0.6) is 0 Å². The molecule has 3 rings (SSSR count). The van der Waals surface area contributed by atoms with E-state index in [1.54, 1.807) is 6.07 Å². The van der Waals surface area contributed by atoms with Crippen molar-refractivity contribution >= 4 is 46.2 Å². The first-order valence-corrected chi connectivity index (χ1v) is 9.16. The van der Waals surface area contributed by atoms with Crippen LogP contribution in [0.3, 0.4) is 0 Å². The molecule has 1 N–H and O–H groups in total. The Morgan fingerprint density at radius 3 is 2.36 bits per heavy atom. The maximum absolute atomic E-state index is 13.0. The molecule has 3 nitrogen and oxygen atoms in total. The summed E-state index contributed by atoms with van der Waals surface area (Å²) in [4.78, 5) is 4.37. The molecule has 0 aromatic heterocycles. The van der Waals surface area contributed by atoms with Crippen LogP contribution >= 0.6 is 35.4 Å². The summed E-state index contributed by atoms with van der Waals surface area (Å²) in [5.74, 6) is -0.214. The predicted octanol–water partition coefficient (Wildman–Crippen LogP) is 4.33. The topological polar surface area (TPSA) is 18.5 Å². The molecule has 7 heteroatoms. The molecule has 1 heterocycles. The van der Waals surface area contributed by atoms with E-state index in [1.165, 1.54) is 12.1 Å². The van der Waals surface area contributed by atoms with Gasteiger partial charge in [-0.15, -0.1) is 0 Å². The molecule has 0 amide bonds. The van der Waals surface area contributed by atoms with Gasteiger partial charge in [-0.25, -0.2) is 4.39 Å². The van der Waals surface area contributed by atoms with E-state index in [0.717, 1.165) is 37.4 Å². The second-order valence-corrected chi connectivity index (χ2v) is 7.08. The van der Waals surface area contributed by atoms with Crippen molar-refractivity contribution in [2.75, 3.05) is 31.1 Å². The Morgan fingerprint density at radius 2 is 1.72 bits per heavy atom. The van der Waals surface area contributed by atoms with Gasteiger partial charge >= 0.3 is 0 Å². The second-order valence-electron chi connectivity index (χ2n) is 5.84. The summed E-state index contributed by atoms with van der Waals surface area (Å²) in [5.41, 5.74) is 1.99. The Labute approximate surface area is 162 Å². The van der Waals surface area contributed by atoms with Crippen LogP contribution in [0.2, 0.25) is 10.0 Å². The molecule has 0 aliphatic carbocycles. The van der Waals surface area contributed by atoms with Gasteiger partial charge in [-0.3, -0.25) is 0 Å². The Bertz CT molecular complexity index is 746. The maximum atomic E-state index is 13.0. The summed E-state index contributed by atoms with van der Waals surface area (Å²) < 4.78 is 13.0. The zero-order valence-corrected chi connectivity index (χ0v) is 15.8. The first-order valence-electron chi connectivity index (χ1n) is 8.00. The third-order valence-corrected chi connectivity index (χ3v) is 5.19. The van der Waals surface area contributed by atoms with Gasteiger partial charge in [0, 0.05) is 48.5 Å². The molecule has 0 spiro atoms. The lowest BCUT2D eigenvalue weighted by atomic mass is 10.2. The van der Waals surface area contributed by atoms with Gasteiger partial charge in [-0.05, 0) is 54.2 Å². The number of nitrogens with one attached hydrogen (secondary N) is 1. The minimum absolute atomic E-state index is 0.214. The van der Waals surface area contributed by atoms with Crippen molar-refractivity contribution < 1.29 is 4.39 Å². The molecule has 0 bridgehead atoms. The van der Waals surface area contributed by atoms with Gasteiger partial charge in [0.2, 0.25) is 0 Å². The van der Waals surface area contributed by atoms with Crippen molar-refractivity contribution in [1.82, 2.24) is 10.2 Å². The third-order valence-electron chi connectivity index (χ3n) is 4.20. The number of benzene rings is 2. The van der Waals surface area contributed by atoms with Crippen molar-refractivity contribution in [2.45, 2.75) is 6.54 Å². The predicted molar refractivity (Wildman–Crippen MR) is 106 cm³/mol. The highest BCUT2D eigenvalue weighted by atomic mass is 35.5. The standard InChI is InChI=1S/C18H18Cl2FN3S/c19-14-2-1-13(17(20)11-14)12-22-18(25)24-9-7-23(8-10-24)16-5-3-15(21)4-6-16/h1-6,11H,7-10,12H2,(H,22,25). The number of halogens is 3. The summed E-state index contributed by atoms with van der Waals surface area (Å²) in [6.07, 6.45) is 0. The fraction of sp³-hybridized carbons (Fsp3) is 0.278. The molecular weight excluding hydrogens is 380 g/mol. The van der Waals surface area contributed by atoms with Crippen molar-refractivity contribution in [1.29, 1.82) is 0 Å². The van der Waals surface area contributed by atoms with E-state index in [2.05, 4.69) is 15.1 Å². The van der Waals surface area contributed by atoms with Crippen LogP contribution in [0.25, 0.3) is 0 Å². The molecule has 0 atom stereocenters. The maximum Gasteiger partial charge on any atom is 0.169 e. The average Bonchev–Trinajstić information content (AvgIpc) is 2.61. The van der Waals surface area contributed by atoms with E-state index in [1.807, 2.05) is 24.3 Å². The highest BCUT2D eigenvalue weighted by molar-refractivity contribution is 7.80. The van der Waals surface area contributed by atoms with E-state index in [4.69, 9.17) is 35.4 Å². The summed E-state index contributed by atoms with van der Waals surface area (Å²) in [6.45, 7) is 3.88. The van der Waals surface area contributed by atoms with E-state index >= 15 is 0 Å². The lowest BCUT2D eigenvalue weighted by Crippen LogP contribution is -2.51. The molecular formula is C18H18Cl2FN3S. The highest BCUT2D eigenvalue weighted by Gasteiger charge is 2.19. The largest absolute Gasteiger partial charge is 0.368 e. The van der Waals surface area contributed by atoms with Gasteiger partial charge in [-0.1, -0.05) is 29.3 Å². The van der Waals surface area contributed by atoms with Crippen molar-refractivity contribution in [3.8, 4) is 0 Å². The molecule has 0 radical (unpaired) electrons. The summed E-state index contributed by atoms with van der Waals surface area (Å²) in [6, 6.07) is 12.0. The van der Waals surface area contributed by atoms with E-state index in [-0.39, 0.29) is 5.82 Å². The van der Waals surface area contributed by atoms with Gasteiger partial charge in [-0.2, -0.15) is 0 Å². The molecule has 1 saturated heterocycles. The average molecular weight is 398 g/mol. The third kappa shape index (κ3) is 4.75. The van der Waals surface area contributed by atoms with E-state index < -0.39 is 0 Å². The lowest BCUT2D eigenvalue weighted by molar-refractivity contribution is 0.380. The number of hydrogen-bond donors (Lipinski definition) is 1. The number of hydrogen-bond acceptors (Lipinski definition) is 2. The summed E-state index contributed by atoms with van der Waals surface area (Å²) >= 11 is 17.6. The molecule has 25 heavy (non-hydrogen) atoms. The number of anilines is 1. The van der Waals surface area contributed by atoms with Crippen LogP contribution in [0, 0.1) is 5.82 Å². The highest BCUT2D eigenvalue weighted by Crippen LogP contribution is 2.21. The molecule has 0 saturated carbocycles. The Kier molecular flexibility index (Phi) is 5.99. The number of thiocarbonyl (C=S) groups is 1. The van der Waals surface area contributed by atoms with Gasteiger partial charge in [0.05, 0.1) is 0 Å². The van der Waals surface area contributed by atoms with Crippen molar-refractivity contribution in [2.24, 2.45) is 0 Å². The molecule has 2 aromatic rings. The molecule has 132 valence electrons. The minimum Gasteiger partial charge on any atom is -0.368 e. The summed E-state index contributed by atoms with van der Waals surface area (Å²) in [5, 5.41) is 5.21. The number of nitrogens with zero attached hydrogens (tertiary/aromatic N) is 2. The SMILES string of the molecule is Fc1ccc(N2CCN(C(=S)NCc3ccc(Cl)cc3Cl)CC2)cc1. The Morgan fingerprint density at radius 1 is 1.04 bits per heavy atom. The van der Waals surface area contributed by atoms with Crippen LogP contribution in [-0.4, -0.2) is 36.2 Å². The van der Waals surface area contributed by atoms with Crippen LogP contribution in [0.4, 0.5) is 10.1 Å². The fourth-order valence-electron chi connectivity index (χ4n) is 2.77. The zero-order chi connectivity index (χ0) is 17.8. The molecule has 1 aliphatic heterocycles. The normalized spacial score (nSPS) is 14.5. The molecule has 2 aromatic carbocycles. The van der Waals surface area contributed by atoms with E-state index in [9.17, 15) is 4.39 Å². The number of rotatable bonds is 3. The van der Waals surface area contributed by atoms with Crippen molar-refractivity contribution in [3.05, 3.63) is 63.9 Å². The van der Waals surface area contributed by atoms with Gasteiger partial charge in [0.1, 0.15) is 5.82 Å². The second kappa shape index (κ2) is 8.21. The molecule has 1 aliphatic rings. The van der Waals surface area contributed by atoms with E-state index in [0.29, 0.717) is 21.7 Å². The Hall–Kier alpha value is -1.56. The van der Waals surface area contributed by atoms with Crippen LogP contribution in [0.1, 0.15) is 5.56 Å². The van der Waals surface area contributed by atoms with Gasteiger partial charge in [0.15, 0.2) is 5.11 Å². The molecule has 1 fully saturated rings. The molecule has 0 unspecified atom stereocenters.